The molecule has 0 aliphatic heterocycles. The van der Waals surface area contributed by atoms with Crippen molar-refractivity contribution in [3.63, 3.8) is 0 Å². The van der Waals surface area contributed by atoms with Gasteiger partial charge in [0.2, 0.25) is 0 Å². The lowest BCUT2D eigenvalue weighted by atomic mass is 10.1. The third kappa shape index (κ3) is 4.33. The first-order chi connectivity index (χ1) is 9.15. The number of rotatable bonds is 6. The standard InChI is InChI=1S/C15H21N3S/c1-12(11-14-3-4-15(16)19-14)18(2)10-7-13-5-8-17-9-6-13/h3-6,8-9,12H,7,10-11,16H2,1-2H3. The first-order valence-corrected chi connectivity index (χ1v) is 7.40. The van der Waals surface area contributed by atoms with E-state index in [2.05, 4.69) is 42.1 Å². The van der Waals surface area contributed by atoms with Crippen LogP contribution in [0.25, 0.3) is 0 Å². The summed E-state index contributed by atoms with van der Waals surface area (Å²) in [5, 5.41) is 0.904. The number of aromatic nitrogens is 1. The van der Waals surface area contributed by atoms with Gasteiger partial charge in [-0.1, -0.05) is 0 Å². The topological polar surface area (TPSA) is 42.1 Å². The van der Waals surface area contributed by atoms with E-state index in [1.165, 1.54) is 10.4 Å². The molecule has 0 radical (unpaired) electrons. The number of pyridine rings is 1. The van der Waals surface area contributed by atoms with Gasteiger partial charge in [-0.25, -0.2) is 0 Å². The van der Waals surface area contributed by atoms with E-state index in [0.717, 1.165) is 24.4 Å². The summed E-state index contributed by atoms with van der Waals surface area (Å²) in [6.45, 7) is 3.33. The molecule has 0 saturated carbocycles. The lowest BCUT2D eigenvalue weighted by molar-refractivity contribution is 0.260. The molecule has 0 bridgehead atoms. The van der Waals surface area contributed by atoms with Gasteiger partial charge in [0.1, 0.15) is 0 Å². The molecule has 102 valence electrons. The molecule has 0 amide bonds. The molecule has 2 aromatic rings. The fourth-order valence-electron chi connectivity index (χ4n) is 2.03. The maximum atomic E-state index is 5.76. The van der Waals surface area contributed by atoms with Crippen LogP contribution in [0, 0.1) is 0 Å². The second-order valence-corrected chi connectivity index (χ2v) is 6.14. The lowest BCUT2D eigenvalue weighted by Crippen LogP contribution is -2.32. The molecule has 2 N–H and O–H groups in total. The van der Waals surface area contributed by atoms with Crippen LogP contribution in [0.3, 0.4) is 0 Å². The zero-order chi connectivity index (χ0) is 13.7. The number of nitrogens with two attached hydrogens (primary N) is 1. The molecule has 1 atom stereocenters. The SMILES string of the molecule is CC(Cc1ccc(N)s1)N(C)CCc1ccncc1. The van der Waals surface area contributed by atoms with Crippen molar-refractivity contribution >= 4 is 16.3 Å². The monoisotopic (exact) mass is 275 g/mol. The molecule has 0 aliphatic rings. The quantitative estimate of drug-likeness (QED) is 0.881. The van der Waals surface area contributed by atoms with Crippen molar-refractivity contribution in [3.8, 4) is 0 Å². The number of likely N-dealkylation sites (N-methyl/N-ethyl adjacent to an activating group) is 1. The highest BCUT2D eigenvalue weighted by Gasteiger charge is 2.11. The van der Waals surface area contributed by atoms with Gasteiger partial charge in [-0.15, -0.1) is 11.3 Å². The molecule has 2 rings (SSSR count). The molecule has 0 saturated heterocycles. The molecule has 2 aromatic heterocycles. The van der Waals surface area contributed by atoms with E-state index in [9.17, 15) is 0 Å². The summed E-state index contributed by atoms with van der Waals surface area (Å²) in [5.74, 6) is 0. The number of hydrogen-bond donors (Lipinski definition) is 1. The molecule has 0 aromatic carbocycles. The molecule has 3 nitrogen and oxygen atoms in total. The van der Waals surface area contributed by atoms with Gasteiger partial charge < -0.3 is 10.6 Å². The Morgan fingerprint density at radius 1 is 1.26 bits per heavy atom. The van der Waals surface area contributed by atoms with Gasteiger partial charge in [-0.2, -0.15) is 0 Å². The van der Waals surface area contributed by atoms with Crippen molar-refractivity contribution in [2.45, 2.75) is 25.8 Å². The third-order valence-corrected chi connectivity index (χ3v) is 4.37. The van der Waals surface area contributed by atoms with Gasteiger partial charge in [0.05, 0.1) is 5.00 Å². The van der Waals surface area contributed by atoms with Crippen LogP contribution in [0.4, 0.5) is 5.00 Å². The number of nitrogens with zero attached hydrogens (tertiary/aromatic N) is 2. The molecule has 2 heterocycles. The maximum absolute atomic E-state index is 5.76. The minimum absolute atomic E-state index is 0.528. The summed E-state index contributed by atoms with van der Waals surface area (Å²) in [6.07, 6.45) is 5.84. The zero-order valence-corrected chi connectivity index (χ0v) is 12.4. The van der Waals surface area contributed by atoms with Crippen molar-refractivity contribution in [1.29, 1.82) is 0 Å². The summed E-state index contributed by atoms with van der Waals surface area (Å²) in [4.78, 5) is 7.80. The normalized spacial score (nSPS) is 12.8. The average Bonchev–Trinajstić information content (AvgIpc) is 2.82. The maximum Gasteiger partial charge on any atom is 0.0859 e. The zero-order valence-electron chi connectivity index (χ0n) is 11.5. The van der Waals surface area contributed by atoms with E-state index in [1.807, 2.05) is 18.5 Å². The van der Waals surface area contributed by atoms with E-state index < -0.39 is 0 Å². The highest BCUT2D eigenvalue weighted by Crippen LogP contribution is 2.20. The Hall–Kier alpha value is -1.39. The van der Waals surface area contributed by atoms with Crippen LogP contribution < -0.4 is 5.73 Å². The predicted octanol–water partition coefficient (Wildman–Crippen LogP) is 2.83. The second kappa shape index (κ2) is 6.68. The fraction of sp³-hybridized carbons (Fsp3) is 0.400. The summed E-state index contributed by atoms with van der Waals surface area (Å²) in [5.41, 5.74) is 7.11. The number of anilines is 1. The number of hydrogen-bond acceptors (Lipinski definition) is 4. The van der Waals surface area contributed by atoms with Crippen LogP contribution in [0.15, 0.2) is 36.7 Å². The number of thiophene rings is 1. The van der Waals surface area contributed by atoms with Gasteiger partial charge in [-0.3, -0.25) is 4.98 Å². The summed E-state index contributed by atoms with van der Waals surface area (Å²) in [7, 11) is 2.18. The van der Waals surface area contributed by atoms with E-state index >= 15 is 0 Å². The third-order valence-electron chi connectivity index (χ3n) is 3.43. The summed E-state index contributed by atoms with van der Waals surface area (Å²) in [6, 6.07) is 8.81. The molecular formula is C15H21N3S. The Balaban J connectivity index is 1.80. The van der Waals surface area contributed by atoms with Crippen LogP contribution in [-0.4, -0.2) is 29.5 Å². The van der Waals surface area contributed by atoms with Crippen molar-refractivity contribution in [2.75, 3.05) is 19.3 Å². The molecule has 0 aliphatic carbocycles. The predicted molar refractivity (Wildman–Crippen MR) is 82.5 cm³/mol. The van der Waals surface area contributed by atoms with E-state index in [4.69, 9.17) is 5.73 Å². The molecule has 0 fully saturated rings. The van der Waals surface area contributed by atoms with Crippen LogP contribution in [0.1, 0.15) is 17.4 Å². The lowest BCUT2D eigenvalue weighted by Gasteiger charge is -2.24. The summed E-state index contributed by atoms with van der Waals surface area (Å²) < 4.78 is 0. The van der Waals surface area contributed by atoms with Crippen molar-refractivity contribution in [2.24, 2.45) is 0 Å². The molecule has 0 spiro atoms. The summed E-state index contributed by atoms with van der Waals surface area (Å²) >= 11 is 1.69. The van der Waals surface area contributed by atoms with Crippen LogP contribution in [0.2, 0.25) is 0 Å². The van der Waals surface area contributed by atoms with Crippen LogP contribution in [0.5, 0.6) is 0 Å². The molecule has 19 heavy (non-hydrogen) atoms. The van der Waals surface area contributed by atoms with Gasteiger partial charge in [0.25, 0.3) is 0 Å². The largest absolute Gasteiger partial charge is 0.391 e. The van der Waals surface area contributed by atoms with Crippen molar-refractivity contribution in [1.82, 2.24) is 9.88 Å². The van der Waals surface area contributed by atoms with Crippen molar-refractivity contribution < 1.29 is 0 Å². The first kappa shape index (κ1) is 14.0. The van der Waals surface area contributed by atoms with Gasteiger partial charge >= 0.3 is 0 Å². The van der Waals surface area contributed by atoms with E-state index in [1.54, 1.807) is 11.3 Å². The fourth-order valence-corrected chi connectivity index (χ4v) is 2.93. The van der Waals surface area contributed by atoms with Gasteiger partial charge in [0, 0.05) is 29.9 Å². The van der Waals surface area contributed by atoms with E-state index in [0.29, 0.717) is 6.04 Å². The molecule has 4 heteroatoms. The van der Waals surface area contributed by atoms with Crippen molar-refractivity contribution in [3.05, 3.63) is 47.1 Å². The van der Waals surface area contributed by atoms with E-state index in [-0.39, 0.29) is 0 Å². The van der Waals surface area contributed by atoms with Crippen LogP contribution >= 0.6 is 11.3 Å². The number of nitrogen functional groups attached to an aromatic ring is 1. The average molecular weight is 275 g/mol. The highest BCUT2D eigenvalue weighted by molar-refractivity contribution is 7.15. The molecular weight excluding hydrogens is 254 g/mol. The smallest absolute Gasteiger partial charge is 0.0859 e. The Kier molecular flexibility index (Phi) is 4.93. The Labute approximate surface area is 119 Å². The van der Waals surface area contributed by atoms with Gasteiger partial charge in [-0.05, 0) is 56.6 Å². The Morgan fingerprint density at radius 3 is 2.63 bits per heavy atom. The first-order valence-electron chi connectivity index (χ1n) is 6.58. The second-order valence-electron chi connectivity index (χ2n) is 4.94. The minimum atomic E-state index is 0.528. The molecule has 1 unspecified atom stereocenters. The van der Waals surface area contributed by atoms with Crippen LogP contribution in [-0.2, 0) is 12.8 Å². The minimum Gasteiger partial charge on any atom is -0.391 e. The highest BCUT2D eigenvalue weighted by atomic mass is 32.1. The Morgan fingerprint density at radius 2 is 2.00 bits per heavy atom. The van der Waals surface area contributed by atoms with Gasteiger partial charge in [0.15, 0.2) is 0 Å². The Bertz CT molecular complexity index is 495.